The van der Waals surface area contributed by atoms with Crippen LogP contribution < -0.4 is 10.2 Å². The Hall–Kier alpha value is -2.22. The molecule has 0 spiro atoms. The summed E-state index contributed by atoms with van der Waals surface area (Å²) in [7, 11) is 0. The highest BCUT2D eigenvalue weighted by Gasteiger charge is 2.32. The summed E-state index contributed by atoms with van der Waals surface area (Å²) in [4.78, 5) is 16.9. The maximum atomic E-state index is 9.22. The van der Waals surface area contributed by atoms with E-state index in [2.05, 4.69) is 49.3 Å². The van der Waals surface area contributed by atoms with Crippen LogP contribution in [-0.4, -0.2) is 82.8 Å². The van der Waals surface area contributed by atoms with Gasteiger partial charge in [-0.2, -0.15) is 4.98 Å². The van der Waals surface area contributed by atoms with Crippen molar-refractivity contribution in [3.05, 3.63) is 47.7 Å². The number of anilines is 2. The highest BCUT2D eigenvalue weighted by molar-refractivity contribution is 5.46. The Morgan fingerprint density at radius 2 is 1.78 bits per heavy atom. The molecule has 2 fully saturated rings. The number of nitrogens with one attached hydrogen (secondary N) is 1. The lowest BCUT2D eigenvalue weighted by Crippen LogP contribution is -2.56. The van der Waals surface area contributed by atoms with Gasteiger partial charge in [0.1, 0.15) is 5.82 Å². The van der Waals surface area contributed by atoms with E-state index in [1.54, 1.807) is 0 Å². The molecule has 3 aliphatic rings. The summed E-state index contributed by atoms with van der Waals surface area (Å²) in [5, 5.41) is 12.9. The molecule has 2 aliphatic heterocycles. The van der Waals surface area contributed by atoms with E-state index in [1.165, 1.54) is 36.8 Å². The number of fused-ring (bicyclic) bond motifs is 1. The second-order valence-corrected chi connectivity index (χ2v) is 9.38. The monoisotopic (exact) mass is 436 g/mol. The van der Waals surface area contributed by atoms with Crippen LogP contribution in [-0.2, 0) is 13.0 Å². The summed E-state index contributed by atoms with van der Waals surface area (Å²) in [6, 6.07) is 11.7. The van der Waals surface area contributed by atoms with Crippen molar-refractivity contribution >= 4 is 11.8 Å². The number of hydrogen-bond donors (Lipinski definition) is 2. The molecule has 7 heteroatoms. The van der Waals surface area contributed by atoms with Crippen molar-refractivity contribution in [2.75, 3.05) is 56.1 Å². The molecule has 5 rings (SSSR count). The topological polar surface area (TPSA) is 67.8 Å². The van der Waals surface area contributed by atoms with Crippen molar-refractivity contribution in [1.29, 1.82) is 0 Å². The predicted octanol–water partition coefficient (Wildman–Crippen LogP) is 2.37. The molecule has 7 nitrogen and oxygen atoms in total. The molecule has 0 bridgehead atoms. The molecule has 172 valence electrons. The van der Waals surface area contributed by atoms with Gasteiger partial charge in [0, 0.05) is 64.1 Å². The SMILES string of the molecule is OCCN1CCN([C@H]2CCCC[C@@H]2Nc2nccc(N3CCc4ccccc4C3)n2)CC1. The first-order valence-electron chi connectivity index (χ1n) is 12.3. The van der Waals surface area contributed by atoms with Gasteiger partial charge in [-0.1, -0.05) is 37.1 Å². The lowest BCUT2D eigenvalue weighted by molar-refractivity contribution is 0.0646. The van der Waals surface area contributed by atoms with Crippen LogP contribution in [0.3, 0.4) is 0 Å². The number of rotatable bonds is 6. The van der Waals surface area contributed by atoms with Crippen LogP contribution in [0.2, 0.25) is 0 Å². The van der Waals surface area contributed by atoms with E-state index >= 15 is 0 Å². The summed E-state index contributed by atoms with van der Waals surface area (Å²) in [5.74, 6) is 1.78. The summed E-state index contributed by atoms with van der Waals surface area (Å²) >= 11 is 0. The van der Waals surface area contributed by atoms with Crippen LogP contribution in [0.25, 0.3) is 0 Å². The Labute approximate surface area is 191 Å². The van der Waals surface area contributed by atoms with E-state index in [0.717, 1.165) is 64.0 Å². The molecule has 0 radical (unpaired) electrons. The minimum Gasteiger partial charge on any atom is -0.395 e. The molecule has 1 saturated carbocycles. The number of hydrogen-bond acceptors (Lipinski definition) is 7. The van der Waals surface area contributed by atoms with E-state index in [9.17, 15) is 5.11 Å². The van der Waals surface area contributed by atoms with Crippen molar-refractivity contribution in [2.24, 2.45) is 0 Å². The fourth-order valence-corrected chi connectivity index (χ4v) is 5.63. The zero-order chi connectivity index (χ0) is 21.8. The zero-order valence-electron chi connectivity index (χ0n) is 19.0. The molecule has 2 aromatic rings. The zero-order valence-corrected chi connectivity index (χ0v) is 19.0. The summed E-state index contributed by atoms with van der Waals surface area (Å²) in [5.41, 5.74) is 2.86. The van der Waals surface area contributed by atoms with E-state index < -0.39 is 0 Å². The van der Waals surface area contributed by atoms with Gasteiger partial charge >= 0.3 is 0 Å². The number of aliphatic hydroxyl groups excluding tert-OH is 1. The van der Waals surface area contributed by atoms with E-state index in [-0.39, 0.29) is 6.61 Å². The Morgan fingerprint density at radius 1 is 0.969 bits per heavy atom. The van der Waals surface area contributed by atoms with Crippen LogP contribution in [0.5, 0.6) is 0 Å². The fourth-order valence-electron chi connectivity index (χ4n) is 5.63. The third-order valence-electron chi connectivity index (χ3n) is 7.43. The van der Waals surface area contributed by atoms with Gasteiger partial charge in [0.15, 0.2) is 0 Å². The third-order valence-corrected chi connectivity index (χ3v) is 7.43. The summed E-state index contributed by atoms with van der Waals surface area (Å²) in [6.07, 6.45) is 7.94. The van der Waals surface area contributed by atoms with Crippen molar-refractivity contribution in [3.8, 4) is 0 Å². The van der Waals surface area contributed by atoms with Crippen LogP contribution in [0.15, 0.2) is 36.5 Å². The van der Waals surface area contributed by atoms with E-state index in [4.69, 9.17) is 4.98 Å². The highest BCUT2D eigenvalue weighted by atomic mass is 16.3. The van der Waals surface area contributed by atoms with E-state index in [0.29, 0.717) is 12.1 Å². The molecule has 2 N–H and O–H groups in total. The number of piperazine rings is 1. The van der Waals surface area contributed by atoms with Gasteiger partial charge in [-0.25, -0.2) is 4.98 Å². The van der Waals surface area contributed by atoms with Crippen molar-refractivity contribution in [3.63, 3.8) is 0 Å². The molecule has 1 aromatic carbocycles. The van der Waals surface area contributed by atoms with Gasteiger partial charge in [-0.15, -0.1) is 0 Å². The minimum atomic E-state index is 0.254. The van der Waals surface area contributed by atoms with Crippen LogP contribution >= 0.6 is 0 Å². The molecular weight excluding hydrogens is 400 g/mol. The van der Waals surface area contributed by atoms with Crippen molar-refractivity contribution in [1.82, 2.24) is 19.8 Å². The van der Waals surface area contributed by atoms with Gasteiger partial charge in [0.25, 0.3) is 0 Å². The molecule has 0 unspecified atom stereocenters. The number of nitrogens with zero attached hydrogens (tertiary/aromatic N) is 5. The van der Waals surface area contributed by atoms with Crippen molar-refractivity contribution < 1.29 is 5.11 Å². The number of benzene rings is 1. The molecule has 0 amide bonds. The molecule has 3 heterocycles. The van der Waals surface area contributed by atoms with Gasteiger partial charge in [-0.05, 0) is 36.5 Å². The quantitative estimate of drug-likeness (QED) is 0.721. The smallest absolute Gasteiger partial charge is 0.224 e. The standard InChI is InChI=1S/C25H36N6O/c32-18-17-29-13-15-30(16-14-29)23-8-4-3-7-22(23)27-25-26-11-9-24(28-25)31-12-10-20-5-1-2-6-21(20)19-31/h1-2,5-6,9,11,22-23,32H,3-4,7-8,10,12-19H2,(H,26,27,28)/t22-,23-/m0/s1. The highest BCUT2D eigenvalue weighted by Crippen LogP contribution is 2.28. The molecule has 1 aliphatic carbocycles. The maximum absolute atomic E-state index is 9.22. The second-order valence-electron chi connectivity index (χ2n) is 9.38. The Bertz CT molecular complexity index is 884. The second kappa shape index (κ2) is 10.1. The average Bonchev–Trinajstić information content (AvgIpc) is 2.85. The lowest BCUT2D eigenvalue weighted by atomic mass is 9.88. The summed E-state index contributed by atoms with van der Waals surface area (Å²) < 4.78 is 0. The van der Waals surface area contributed by atoms with E-state index in [1.807, 2.05) is 12.3 Å². The Balaban J connectivity index is 1.24. The number of β-amino-alcohol motifs (C(OH)–C–C–N with tert-alkyl or cyclic N) is 1. The number of aromatic nitrogens is 2. The van der Waals surface area contributed by atoms with Crippen molar-refractivity contribution in [2.45, 2.75) is 50.7 Å². The molecule has 32 heavy (non-hydrogen) atoms. The predicted molar refractivity (Wildman–Crippen MR) is 128 cm³/mol. The van der Waals surface area contributed by atoms with Gasteiger partial charge < -0.3 is 15.3 Å². The first-order chi connectivity index (χ1) is 15.8. The molecular formula is C25H36N6O. The first-order valence-corrected chi connectivity index (χ1v) is 12.3. The third kappa shape index (κ3) is 4.90. The number of aliphatic hydroxyl groups is 1. The first kappa shape index (κ1) is 21.6. The normalized spacial score (nSPS) is 24.8. The van der Waals surface area contributed by atoms with Crippen LogP contribution in [0.1, 0.15) is 36.8 Å². The Morgan fingerprint density at radius 3 is 2.62 bits per heavy atom. The van der Waals surface area contributed by atoms with Gasteiger partial charge in [-0.3, -0.25) is 9.80 Å². The maximum Gasteiger partial charge on any atom is 0.224 e. The molecule has 1 aromatic heterocycles. The largest absolute Gasteiger partial charge is 0.395 e. The molecule has 2 atom stereocenters. The summed E-state index contributed by atoms with van der Waals surface area (Å²) in [6.45, 7) is 7.21. The van der Waals surface area contributed by atoms with Crippen LogP contribution in [0.4, 0.5) is 11.8 Å². The van der Waals surface area contributed by atoms with Gasteiger partial charge in [0.2, 0.25) is 5.95 Å². The van der Waals surface area contributed by atoms with Gasteiger partial charge in [0.05, 0.1) is 6.61 Å². The lowest BCUT2D eigenvalue weighted by Gasteiger charge is -2.44. The molecule has 1 saturated heterocycles. The average molecular weight is 437 g/mol. The van der Waals surface area contributed by atoms with Crippen LogP contribution in [0, 0.1) is 0 Å². The minimum absolute atomic E-state index is 0.254. The fraction of sp³-hybridized carbons (Fsp3) is 0.600. The Kier molecular flexibility index (Phi) is 6.86.